The molecule has 0 bridgehead atoms. The molecule has 2 aromatic rings. The highest BCUT2D eigenvalue weighted by Gasteiger charge is 2.21. The molecule has 126 valence electrons. The third-order valence-corrected chi connectivity index (χ3v) is 3.65. The van der Waals surface area contributed by atoms with Gasteiger partial charge in [0.1, 0.15) is 11.4 Å². The highest BCUT2D eigenvalue weighted by Crippen LogP contribution is 2.26. The zero-order chi connectivity index (χ0) is 17.9. The topological polar surface area (TPSA) is 81.5 Å². The number of nitro groups is 1. The van der Waals surface area contributed by atoms with E-state index in [0.29, 0.717) is 10.8 Å². The summed E-state index contributed by atoms with van der Waals surface area (Å²) in [6.07, 6.45) is -0.828. The van der Waals surface area contributed by atoms with Gasteiger partial charge in [0.25, 0.3) is 11.6 Å². The molecule has 0 fully saturated rings. The molecule has 7 heteroatoms. The summed E-state index contributed by atoms with van der Waals surface area (Å²) in [5, 5.41) is 14.2. The Bertz CT molecular complexity index is 792. The highest BCUT2D eigenvalue weighted by molar-refractivity contribution is 6.30. The molecule has 1 N–H and O–H groups in total. The normalized spacial score (nSPS) is 11.7. The molecule has 0 unspecified atom stereocenters. The lowest BCUT2D eigenvalue weighted by atomic mass is 10.2. The zero-order valence-electron chi connectivity index (χ0n) is 13.5. The molecule has 2 rings (SSSR count). The molecule has 2 aromatic carbocycles. The Morgan fingerprint density at radius 2 is 1.96 bits per heavy atom. The molecule has 0 radical (unpaired) electrons. The smallest absolute Gasteiger partial charge is 0.293 e. The first-order valence-electron chi connectivity index (χ1n) is 7.26. The van der Waals surface area contributed by atoms with Crippen LogP contribution in [-0.4, -0.2) is 16.9 Å². The van der Waals surface area contributed by atoms with Gasteiger partial charge in [-0.25, -0.2) is 0 Å². The largest absolute Gasteiger partial charge is 0.481 e. The molecule has 0 spiro atoms. The van der Waals surface area contributed by atoms with Gasteiger partial charge in [-0.2, -0.15) is 0 Å². The number of ether oxygens (including phenoxy) is 1. The van der Waals surface area contributed by atoms with Crippen molar-refractivity contribution in [2.45, 2.75) is 26.9 Å². The SMILES string of the molecule is Cc1ccc(NC(=O)[C@@H](C)Oc2ccc(Cl)cc2C)c([N+](=O)[O-])c1. The molecule has 0 aliphatic heterocycles. The highest BCUT2D eigenvalue weighted by atomic mass is 35.5. The van der Waals surface area contributed by atoms with Crippen LogP contribution in [-0.2, 0) is 4.79 Å². The van der Waals surface area contributed by atoms with Gasteiger partial charge >= 0.3 is 0 Å². The molecule has 6 nitrogen and oxygen atoms in total. The molecule has 0 saturated heterocycles. The minimum Gasteiger partial charge on any atom is -0.481 e. The number of hydrogen-bond acceptors (Lipinski definition) is 4. The van der Waals surface area contributed by atoms with Gasteiger partial charge in [-0.15, -0.1) is 0 Å². The fraction of sp³-hybridized carbons (Fsp3) is 0.235. The number of carbonyl (C=O) groups excluding carboxylic acids is 1. The number of amides is 1. The lowest BCUT2D eigenvalue weighted by Gasteiger charge is -2.16. The number of anilines is 1. The summed E-state index contributed by atoms with van der Waals surface area (Å²) in [6.45, 7) is 5.13. The maximum absolute atomic E-state index is 12.3. The van der Waals surface area contributed by atoms with Gasteiger partial charge < -0.3 is 10.1 Å². The second kappa shape index (κ2) is 7.31. The number of halogens is 1. The lowest BCUT2D eigenvalue weighted by molar-refractivity contribution is -0.384. The number of rotatable bonds is 5. The minimum absolute atomic E-state index is 0.138. The van der Waals surface area contributed by atoms with E-state index in [0.717, 1.165) is 11.1 Å². The monoisotopic (exact) mass is 348 g/mol. The Morgan fingerprint density at radius 3 is 2.58 bits per heavy atom. The second-order valence-corrected chi connectivity index (χ2v) is 5.87. The summed E-state index contributed by atoms with van der Waals surface area (Å²) in [4.78, 5) is 22.8. The van der Waals surface area contributed by atoms with Crippen molar-refractivity contribution in [2.24, 2.45) is 0 Å². The van der Waals surface area contributed by atoms with Crippen molar-refractivity contribution in [3.8, 4) is 5.75 Å². The van der Waals surface area contributed by atoms with Gasteiger partial charge in [0.2, 0.25) is 0 Å². The first-order valence-corrected chi connectivity index (χ1v) is 7.64. The molecule has 0 aliphatic rings. The maximum Gasteiger partial charge on any atom is 0.293 e. The predicted octanol–water partition coefficient (Wildman–Crippen LogP) is 4.27. The van der Waals surface area contributed by atoms with Crippen molar-refractivity contribution in [3.05, 3.63) is 62.7 Å². The average Bonchev–Trinajstić information content (AvgIpc) is 2.51. The molecule has 1 atom stereocenters. The Morgan fingerprint density at radius 1 is 1.25 bits per heavy atom. The van der Waals surface area contributed by atoms with Crippen molar-refractivity contribution in [1.82, 2.24) is 0 Å². The number of aryl methyl sites for hydroxylation is 2. The van der Waals surface area contributed by atoms with Gasteiger partial charge in [-0.1, -0.05) is 17.7 Å². The van der Waals surface area contributed by atoms with Gasteiger partial charge in [0, 0.05) is 11.1 Å². The van der Waals surface area contributed by atoms with Crippen LogP contribution in [0.25, 0.3) is 0 Å². The average molecular weight is 349 g/mol. The fourth-order valence-electron chi connectivity index (χ4n) is 2.12. The van der Waals surface area contributed by atoms with Crippen LogP contribution in [0, 0.1) is 24.0 Å². The van der Waals surface area contributed by atoms with Crippen LogP contribution in [0.2, 0.25) is 5.02 Å². The summed E-state index contributed by atoms with van der Waals surface area (Å²) in [7, 11) is 0. The van der Waals surface area contributed by atoms with E-state index in [-0.39, 0.29) is 11.4 Å². The first kappa shape index (κ1) is 17.7. The van der Waals surface area contributed by atoms with E-state index in [1.54, 1.807) is 38.1 Å². The van der Waals surface area contributed by atoms with Crippen LogP contribution in [0.15, 0.2) is 36.4 Å². The van der Waals surface area contributed by atoms with Gasteiger partial charge in [0.05, 0.1) is 4.92 Å². The fourth-order valence-corrected chi connectivity index (χ4v) is 2.35. The third kappa shape index (κ3) is 4.23. The molecule has 0 heterocycles. The van der Waals surface area contributed by atoms with Crippen LogP contribution < -0.4 is 10.1 Å². The minimum atomic E-state index is -0.828. The third-order valence-electron chi connectivity index (χ3n) is 3.42. The van der Waals surface area contributed by atoms with Crippen molar-refractivity contribution in [2.75, 3.05) is 5.32 Å². The van der Waals surface area contributed by atoms with Gasteiger partial charge in [-0.3, -0.25) is 14.9 Å². The van der Waals surface area contributed by atoms with Crippen molar-refractivity contribution in [1.29, 1.82) is 0 Å². The second-order valence-electron chi connectivity index (χ2n) is 5.44. The van der Waals surface area contributed by atoms with Crippen LogP contribution in [0.5, 0.6) is 5.75 Å². The Hall–Kier alpha value is -2.60. The molecule has 0 aliphatic carbocycles. The molecule has 0 aromatic heterocycles. The predicted molar refractivity (Wildman–Crippen MR) is 92.7 cm³/mol. The number of carbonyl (C=O) groups is 1. The van der Waals surface area contributed by atoms with E-state index >= 15 is 0 Å². The summed E-state index contributed by atoms with van der Waals surface area (Å²) < 4.78 is 5.62. The van der Waals surface area contributed by atoms with Crippen LogP contribution >= 0.6 is 11.6 Å². The molecular weight excluding hydrogens is 332 g/mol. The van der Waals surface area contributed by atoms with Crippen molar-refractivity contribution >= 4 is 28.9 Å². The number of nitrogens with one attached hydrogen (secondary N) is 1. The summed E-state index contributed by atoms with van der Waals surface area (Å²) >= 11 is 5.88. The maximum atomic E-state index is 12.3. The Labute approximate surface area is 144 Å². The van der Waals surface area contributed by atoms with E-state index in [9.17, 15) is 14.9 Å². The van der Waals surface area contributed by atoms with Crippen molar-refractivity contribution in [3.63, 3.8) is 0 Å². The van der Waals surface area contributed by atoms with Gasteiger partial charge in [0.15, 0.2) is 6.10 Å². The number of hydrogen-bond donors (Lipinski definition) is 1. The van der Waals surface area contributed by atoms with E-state index in [2.05, 4.69) is 5.32 Å². The van der Waals surface area contributed by atoms with Crippen LogP contribution in [0.3, 0.4) is 0 Å². The molecule has 0 saturated carbocycles. The van der Waals surface area contributed by atoms with Crippen molar-refractivity contribution < 1.29 is 14.5 Å². The van der Waals surface area contributed by atoms with E-state index in [4.69, 9.17) is 16.3 Å². The zero-order valence-corrected chi connectivity index (χ0v) is 14.3. The van der Waals surface area contributed by atoms with Crippen LogP contribution in [0.1, 0.15) is 18.1 Å². The quantitative estimate of drug-likeness (QED) is 0.646. The van der Waals surface area contributed by atoms with E-state index in [1.807, 2.05) is 6.92 Å². The number of nitro benzene ring substituents is 1. The molecule has 24 heavy (non-hydrogen) atoms. The standard InChI is InChI=1S/C17H17ClN2O4/c1-10-4-6-14(15(8-10)20(22)23)19-17(21)12(3)24-16-7-5-13(18)9-11(16)2/h4-9,12H,1-3H3,(H,19,21)/t12-/m1/s1. The number of benzene rings is 2. The Balaban J connectivity index is 2.13. The first-order chi connectivity index (χ1) is 11.3. The van der Waals surface area contributed by atoms with E-state index in [1.165, 1.54) is 12.1 Å². The summed E-state index contributed by atoms with van der Waals surface area (Å²) in [5.74, 6) is 0.0526. The molecule has 1 amide bonds. The molecular formula is C17H17ClN2O4. The lowest BCUT2D eigenvalue weighted by Crippen LogP contribution is -2.30. The van der Waals surface area contributed by atoms with E-state index < -0.39 is 16.9 Å². The van der Waals surface area contributed by atoms with Crippen LogP contribution in [0.4, 0.5) is 11.4 Å². The Kier molecular flexibility index (Phi) is 5.41. The number of nitrogens with zero attached hydrogens (tertiary/aromatic N) is 1. The van der Waals surface area contributed by atoms with Gasteiger partial charge in [-0.05, 0) is 56.2 Å². The summed E-state index contributed by atoms with van der Waals surface area (Å²) in [5.41, 5.74) is 1.52. The summed E-state index contributed by atoms with van der Waals surface area (Å²) in [6, 6.07) is 9.68.